The topological polar surface area (TPSA) is 4.93 Å². The number of nitrogens with zero attached hydrogens (tertiary/aromatic N) is 1. The molecule has 190 valence electrons. The van der Waals surface area contributed by atoms with Crippen molar-refractivity contribution in [1.82, 2.24) is 4.57 Å². The molecule has 1 nitrogen and oxygen atoms in total. The van der Waals surface area contributed by atoms with Gasteiger partial charge in [-0.15, -0.1) is 0 Å². The van der Waals surface area contributed by atoms with Gasteiger partial charge in [-0.2, -0.15) is 13.2 Å². The highest BCUT2D eigenvalue weighted by atomic mass is 35.5. The maximum absolute atomic E-state index is 15.3. The van der Waals surface area contributed by atoms with Gasteiger partial charge in [-0.05, 0) is 60.6 Å². The largest absolute Gasteiger partial charge is 0.418 e. The third kappa shape index (κ3) is 3.01. The van der Waals surface area contributed by atoms with Crippen LogP contribution in [0.25, 0.3) is 10.9 Å². The second kappa shape index (κ2) is 8.00. The van der Waals surface area contributed by atoms with Gasteiger partial charge in [0.25, 0.3) is 0 Å². The van der Waals surface area contributed by atoms with Crippen LogP contribution in [0.4, 0.5) is 13.2 Å². The lowest BCUT2D eigenvalue weighted by Gasteiger charge is -2.39. The Labute approximate surface area is 224 Å². The van der Waals surface area contributed by atoms with Gasteiger partial charge in [0, 0.05) is 16.1 Å². The highest BCUT2D eigenvalue weighted by Gasteiger charge is 2.65. The Bertz CT molecular complexity index is 1630. The number of benzene rings is 3. The van der Waals surface area contributed by atoms with Crippen molar-refractivity contribution in [3.05, 3.63) is 142 Å². The van der Waals surface area contributed by atoms with E-state index in [0.29, 0.717) is 16.2 Å². The predicted molar refractivity (Wildman–Crippen MR) is 146 cm³/mol. The van der Waals surface area contributed by atoms with E-state index >= 15 is 13.2 Å². The summed E-state index contributed by atoms with van der Waals surface area (Å²) in [6.07, 6.45) is 5.40. The Kier molecular flexibility index (Phi) is 4.97. The number of alkyl halides is 3. The van der Waals surface area contributed by atoms with E-state index in [9.17, 15) is 0 Å². The molecule has 2 heterocycles. The number of fused-ring (bicyclic) bond motifs is 5. The van der Waals surface area contributed by atoms with E-state index in [4.69, 9.17) is 11.6 Å². The summed E-state index contributed by atoms with van der Waals surface area (Å²) >= 11 is 6.35. The average molecular weight is 528 g/mol. The van der Waals surface area contributed by atoms with Crippen LogP contribution in [-0.2, 0) is 17.1 Å². The van der Waals surface area contributed by atoms with E-state index in [2.05, 4.69) is 18.2 Å². The Morgan fingerprint density at radius 2 is 1.50 bits per heavy atom. The fourth-order valence-corrected chi connectivity index (χ4v) is 7.15. The third-order valence-corrected chi connectivity index (χ3v) is 8.74. The van der Waals surface area contributed by atoms with Crippen molar-refractivity contribution in [1.29, 1.82) is 0 Å². The lowest BCUT2D eigenvalue weighted by Crippen LogP contribution is -2.38. The van der Waals surface area contributed by atoms with E-state index in [-0.39, 0.29) is 11.3 Å². The molecule has 1 aromatic heterocycles. The monoisotopic (exact) mass is 527 g/mol. The first kappa shape index (κ1) is 23.6. The Morgan fingerprint density at radius 3 is 2.08 bits per heavy atom. The van der Waals surface area contributed by atoms with Gasteiger partial charge in [0.2, 0.25) is 0 Å². The molecular formula is C33H25ClF3N. The first-order chi connectivity index (χ1) is 18.3. The smallest absolute Gasteiger partial charge is 0.325 e. The van der Waals surface area contributed by atoms with E-state index < -0.39 is 22.7 Å². The highest BCUT2D eigenvalue weighted by Crippen LogP contribution is 2.68. The molecule has 2 aliphatic carbocycles. The van der Waals surface area contributed by atoms with Gasteiger partial charge < -0.3 is 4.57 Å². The fraction of sp³-hybridized carbons (Fsp3) is 0.212. The van der Waals surface area contributed by atoms with Gasteiger partial charge in [0.1, 0.15) is 5.54 Å². The standard InChI is InChI=1S/C33H25ClF3N/c1-21-12-17-28-31(19-18-21,22-13-14-22)30-29(33(35,36)37)26-20-25(34)15-16-27(26)38(30)32(28,23-8-4-2-5-9-23)24-10-6-3-7-11-24/h2-12,15-20,22H,13-14H2,1H3. The van der Waals surface area contributed by atoms with Crippen LogP contribution in [0, 0.1) is 5.92 Å². The summed E-state index contributed by atoms with van der Waals surface area (Å²) in [7, 11) is 0. The number of rotatable bonds is 3. The molecule has 3 aromatic carbocycles. The molecule has 1 aliphatic heterocycles. The van der Waals surface area contributed by atoms with Crippen LogP contribution in [0.2, 0.25) is 5.02 Å². The maximum Gasteiger partial charge on any atom is 0.418 e. The average Bonchev–Trinajstić information content (AvgIpc) is 3.68. The molecule has 7 rings (SSSR count). The Hall–Kier alpha value is -3.50. The first-order valence-electron chi connectivity index (χ1n) is 12.9. The highest BCUT2D eigenvalue weighted by molar-refractivity contribution is 6.31. The van der Waals surface area contributed by atoms with Crippen molar-refractivity contribution in [3.63, 3.8) is 0 Å². The predicted octanol–water partition coefficient (Wildman–Crippen LogP) is 9.21. The van der Waals surface area contributed by atoms with Gasteiger partial charge >= 0.3 is 6.18 Å². The van der Waals surface area contributed by atoms with Crippen molar-refractivity contribution >= 4 is 22.5 Å². The summed E-state index contributed by atoms with van der Waals surface area (Å²) < 4.78 is 47.8. The van der Waals surface area contributed by atoms with Crippen LogP contribution >= 0.6 is 11.6 Å². The number of hydrogen-bond donors (Lipinski definition) is 0. The molecular weight excluding hydrogens is 503 g/mol. The summed E-state index contributed by atoms with van der Waals surface area (Å²) in [5.74, 6) is 0.0678. The molecule has 0 spiro atoms. The molecule has 0 bridgehead atoms. The van der Waals surface area contributed by atoms with E-state index in [1.807, 2.05) is 78.2 Å². The lowest BCUT2D eigenvalue weighted by molar-refractivity contribution is -0.137. The van der Waals surface area contributed by atoms with Gasteiger partial charge in [0.15, 0.2) is 0 Å². The van der Waals surface area contributed by atoms with Crippen LogP contribution in [-0.4, -0.2) is 4.57 Å². The van der Waals surface area contributed by atoms with Crippen LogP contribution < -0.4 is 0 Å². The minimum absolute atomic E-state index is 0.0678. The zero-order valence-corrected chi connectivity index (χ0v) is 21.5. The van der Waals surface area contributed by atoms with Crippen LogP contribution in [0.3, 0.4) is 0 Å². The van der Waals surface area contributed by atoms with Crippen molar-refractivity contribution in [3.8, 4) is 0 Å². The van der Waals surface area contributed by atoms with Crippen LogP contribution in [0.5, 0.6) is 0 Å². The van der Waals surface area contributed by atoms with Crippen molar-refractivity contribution in [2.45, 2.75) is 36.9 Å². The van der Waals surface area contributed by atoms with Crippen molar-refractivity contribution < 1.29 is 13.2 Å². The first-order valence-corrected chi connectivity index (χ1v) is 13.3. The van der Waals surface area contributed by atoms with Gasteiger partial charge in [0.05, 0.1) is 16.5 Å². The summed E-state index contributed by atoms with van der Waals surface area (Å²) in [4.78, 5) is 0. The maximum atomic E-state index is 15.3. The van der Waals surface area contributed by atoms with Crippen molar-refractivity contribution in [2.24, 2.45) is 5.92 Å². The molecule has 5 heteroatoms. The molecule has 0 amide bonds. The molecule has 4 aromatic rings. The van der Waals surface area contributed by atoms with Crippen molar-refractivity contribution in [2.75, 3.05) is 0 Å². The second-order valence-electron chi connectivity index (χ2n) is 10.6. The zero-order chi connectivity index (χ0) is 26.3. The quantitative estimate of drug-likeness (QED) is 0.250. The third-order valence-electron chi connectivity index (χ3n) is 8.50. The SMILES string of the molecule is CC1=CC=C2C(C3CC3)(C=C1)c1c(C(F)(F)F)c3cc(Cl)ccc3n1C2(c1ccccc1)c1ccccc1. The minimum atomic E-state index is -4.57. The fourth-order valence-electron chi connectivity index (χ4n) is 6.98. The number of aromatic nitrogens is 1. The number of allylic oxidation sites excluding steroid dienone is 6. The summed E-state index contributed by atoms with van der Waals surface area (Å²) in [5, 5.41) is 0.445. The summed E-state index contributed by atoms with van der Waals surface area (Å²) in [5.41, 5.74) is 2.22. The minimum Gasteiger partial charge on any atom is -0.325 e. The molecule has 0 radical (unpaired) electrons. The zero-order valence-electron chi connectivity index (χ0n) is 20.8. The Morgan fingerprint density at radius 1 is 0.868 bits per heavy atom. The molecule has 38 heavy (non-hydrogen) atoms. The number of hydrogen-bond acceptors (Lipinski definition) is 0. The Balaban J connectivity index is 1.79. The van der Waals surface area contributed by atoms with Gasteiger partial charge in [-0.3, -0.25) is 0 Å². The molecule has 1 saturated carbocycles. The summed E-state index contributed by atoms with van der Waals surface area (Å²) in [6, 6.07) is 24.9. The second-order valence-corrected chi connectivity index (χ2v) is 11.1. The lowest BCUT2D eigenvalue weighted by atomic mass is 9.64. The normalized spacial score (nSPS) is 22.0. The van der Waals surface area contributed by atoms with E-state index in [0.717, 1.165) is 35.1 Å². The molecule has 1 atom stereocenters. The molecule has 0 N–H and O–H groups in total. The van der Waals surface area contributed by atoms with E-state index in [1.54, 1.807) is 12.1 Å². The molecule has 1 fully saturated rings. The van der Waals surface area contributed by atoms with Crippen LogP contribution in [0.15, 0.2) is 114 Å². The van der Waals surface area contributed by atoms with Crippen LogP contribution in [0.1, 0.15) is 42.1 Å². The van der Waals surface area contributed by atoms with Gasteiger partial charge in [-0.1, -0.05) is 102 Å². The summed E-state index contributed by atoms with van der Waals surface area (Å²) in [6.45, 7) is 2.00. The molecule has 0 saturated heterocycles. The molecule has 1 unspecified atom stereocenters. The van der Waals surface area contributed by atoms with E-state index in [1.165, 1.54) is 6.07 Å². The molecule has 3 aliphatic rings. The number of halogens is 4. The van der Waals surface area contributed by atoms with Gasteiger partial charge in [-0.25, -0.2) is 0 Å².